The Morgan fingerprint density at radius 2 is 2.23 bits per heavy atom. The number of carboxylic acid groups (broad SMARTS) is 1. The van der Waals surface area contributed by atoms with Gasteiger partial charge in [-0.2, -0.15) is 0 Å². The number of aromatic amines is 1. The van der Waals surface area contributed by atoms with Crippen LogP contribution in [-0.4, -0.2) is 16.1 Å². The van der Waals surface area contributed by atoms with Gasteiger partial charge >= 0.3 is 5.97 Å². The third-order valence-corrected chi connectivity index (χ3v) is 2.05. The minimum atomic E-state index is -1.00. The van der Waals surface area contributed by atoms with Crippen molar-refractivity contribution in [3.05, 3.63) is 33.2 Å². The fraction of sp³-hybridized carbons (Fsp3) is 0.333. The van der Waals surface area contributed by atoms with E-state index in [1.54, 1.807) is 6.92 Å². The van der Waals surface area contributed by atoms with Crippen molar-refractivity contribution in [2.45, 2.75) is 20.3 Å². The van der Waals surface area contributed by atoms with E-state index >= 15 is 0 Å². The van der Waals surface area contributed by atoms with Gasteiger partial charge in [-0.1, -0.05) is 6.92 Å². The number of pyridine rings is 1. The minimum absolute atomic E-state index is 0.180. The number of H-pyrrole nitrogens is 1. The molecule has 0 atom stereocenters. The van der Waals surface area contributed by atoms with Crippen molar-refractivity contribution >= 4 is 5.97 Å². The lowest BCUT2D eigenvalue weighted by Gasteiger charge is -2.05. The Labute approximate surface area is 75.2 Å². The second-order valence-electron chi connectivity index (χ2n) is 2.79. The summed E-state index contributed by atoms with van der Waals surface area (Å²) >= 11 is 0. The maximum absolute atomic E-state index is 11.1. The van der Waals surface area contributed by atoms with Crippen molar-refractivity contribution < 1.29 is 9.90 Å². The summed E-state index contributed by atoms with van der Waals surface area (Å²) in [6, 6.07) is 0. The summed E-state index contributed by atoms with van der Waals surface area (Å²) in [7, 11) is 0. The van der Waals surface area contributed by atoms with Crippen LogP contribution in [0.15, 0.2) is 11.0 Å². The molecule has 0 unspecified atom stereocenters. The molecule has 4 nitrogen and oxygen atoms in total. The van der Waals surface area contributed by atoms with Gasteiger partial charge in [-0.3, -0.25) is 4.79 Å². The van der Waals surface area contributed by atoms with Crippen LogP contribution in [0.1, 0.15) is 28.4 Å². The van der Waals surface area contributed by atoms with Gasteiger partial charge in [0, 0.05) is 11.8 Å². The number of nitrogens with one attached hydrogen (secondary N) is 1. The van der Waals surface area contributed by atoms with Gasteiger partial charge in [-0.15, -0.1) is 0 Å². The smallest absolute Gasteiger partial charge is 0.337 e. The van der Waals surface area contributed by atoms with Crippen LogP contribution in [0.4, 0.5) is 0 Å². The molecule has 0 bridgehead atoms. The number of aromatic carboxylic acids is 1. The largest absolute Gasteiger partial charge is 0.478 e. The summed E-state index contributed by atoms with van der Waals surface area (Å²) in [6.45, 7) is 3.46. The SMILES string of the molecule is CCc1c(C(=O)O)c[nH]c(=O)c1C. The van der Waals surface area contributed by atoms with Crippen LogP contribution in [0.3, 0.4) is 0 Å². The van der Waals surface area contributed by atoms with Gasteiger partial charge in [0.15, 0.2) is 0 Å². The highest BCUT2D eigenvalue weighted by atomic mass is 16.4. The topological polar surface area (TPSA) is 70.2 Å². The van der Waals surface area contributed by atoms with Crippen LogP contribution >= 0.6 is 0 Å². The fourth-order valence-electron chi connectivity index (χ4n) is 1.32. The molecule has 1 aromatic rings. The van der Waals surface area contributed by atoms with Crippen LogP contribution in [-0.2, 0) is 6.42 Å². The minimum Gasteiger partial charge on any atom is -0.478 e. The molecule has 2 N–H and O–H groups in total. The van der Waals surface area contributed by atoms with Crippen LogP contribution in [0, 0.1) is 6.92 Å². The third-order valence-electron chi connectivity index (χ3n) is 2.05. The van der Waals surface area contributed by atoms with E-state index in [9.17, 15) is 9.59 Å². The molecule has 70 valence electrons. The quantitative estimate of drug-likeness (QED) is 0.713. The zero-order valence-corrected chi connectivity index (χ0v) is 7.55. The molecule has 0 amide bonds. The first-order valence-corrected chi connectivity index (χ1v) is 4.02. The Morgan fingerprint density at radius 3 is 2.69 bits per heavy atom. The van der Waals surface area contributed by atoms with Crippen molar-refractivity contribution in [1.29, 1.82) is 0 Å². The van der Waals surface area contributed by atoms with Crippen molar-refractivity contribution in [3.63, 3.8) is 0 Å². The predicted octanol–water partition coefficient (Wildman–Crippen LogP) is 0.944. The van der Waals surface area contributed by atoms with E-state index < -0.39 is 5.97 Å². The van der Waals surface area contributed by atoms with Gasteiger partial charge in [0.25, 0.3) is 5.56 Å². The molecule has 13 heavy (non-hydrogen) atoms. The van der Waals surface area contributed by atoms with E-state index in [0.717, 1.165) is 0 Å². The van der Waals surface area contributed by atoms with Crippen molar-refractivity contribution in [2.24, 2.45) is 0 Å². The van der Waals surface area contributed by atoms with E-state index in [-0.39, 0.29) is 11.1 Å². The molecule has 0 aromatic carbocycles. The van der Waals surface area contributed by atoms with Gasteiger partial charge < -0.3 is 10.1 Å². The first-order chi connectivity index (χ1) is 6.07. The summed E-state index contributed by atoms with van der Waals surface area (Å²) in [5.74, 6) is -1.00. The lowest BCUT2D eigenvalue weighted by Crippen LogP contribution is -2.16. The maximum Gasteiger partial charge on any atom is 0.337 e. The van der Waals surface area contributed by atoms with Gasteiger partial charge in [0.1, 0.15) is 0 Å². The summed E-state index contributed by atoms with van der Waals surface area (Å²) in [6.07, 6.45) is 1.80. The number of hydrogen-bond acceptors (Lipinski definition) is 2. The van der Waals surface area contributed by atoms with E-state index in [4.69, 9.17) is 5.11 Å². The molecule has 1 heterocycles. The predicted molar refractivity (Wildman–Crippen MR) is 48.1 cm³/mol. The zero-order chi connectivity index (χ0) is 10.0. The molecule has 0 fully saturated rings. The Bertz CT molecular complexity index is 392. The first kappa shape index (κ1) is 9.51. The molecule has 1 rings (SSSR count). The van der Waals surface area contributed by atoms with E-state index in [1.165, 1.54) is 6.20 Å². The standard InChI is InChI=1S/C9H11NO3/c1-3-6-5(2)8(11)10-4-7(6)9(12)13/h4H,3H2,1-2H3,(H,10,11)(H,12,13). The summed E-state index contributed by atoms with van der Waals surface area (Å²) in [5.41, 5.74) is 1.06. The molecule has 0 radical (unpaired) electrons. The molecule has 0 spiro atoms. The van der Waals surface area contributed by atoms with Crippen molar-refractivity contribution in [2.75, 3.05) is 0 Å². The van der Waals surface area contributed by atoms with Crippen molar-refractivity contribution in [3.8, 4) is 0 Å². The second-order valence-corrected chi connectivity index (χ2v) is 2.79. The lowest BCUT2D eigenvalue weighted by atomic mass is 10.0. The molecule has 0 saturated heterocycles. The van der Waals surface area contributed by atoms with Crippen LogP contribution in [0.2, 0.25) is 0 Å². The maximum atomic E-state index is 11.1. The number of hydrogen-bond donors (Lipinski definition) is 2. The molecule has 0 aliphatic carbocycles. The Kier molecular flexibility index (Phi) is 2.51. The van der Waals surface area contributed by atoms with Gasteiger partial charge in [-0.25, -0.2) is 4.79 Å². The number of carbonyl (C=O) groups is 1. The number of aromatic nitrogens is 1. The van der Waals surface area contributed by atoms with E-state index in [2.05, 4.69) is 4.98 Å². The second kappa shape index (κ2) is 3.43. The van der Waals surface area contributed by atoms with Crippen LogP contribution < -0.4 is 5.56 Å². The van der Waals surface area contributed by atoms with Crippen molar-refractivity contribution in [1.82, 2.24) is 4.98 Å². The molecule has 0 aliphatic heterocycles. The summed E-state index contributed by atoms with van der Waals surface area (Å²) in [5, 5.41) is 8.79. The third kappa shape index (κ3) is 1.61. The van der Waals surface area contributed by atoms with E-state index in [1.807, 2.05) is 6.92 Å². The highest BCUT2D eigenvalue weighted by Gasteiger charge is 2.12. The highest BCUT2D eigenvalue weighted by molar-refractivity contribution is 5.89. The summed E-state index contributed by atoms with van der Waals surface area (Å²) in [4.78, 5) is 24.2. The first-order valence-electron chi connectivity index (χ1n) is 4.02. The molecule has 1 aromatic heterocycles. The van der Waals surface area contributed by atoms with Gasteiger partial charge in [-0.05, 0) is 18.9 Å². The molecule has 0 aliphatic rings. The van der Waals surface area contributed by atoms with Crippen LogP contribution in [0.5, 0.6) is 0 Å². The molecular formula is C9H11NO3. The zero-order valence-electron chi connectivity index (χ0n) is 7.55. The molecule has 0 saturated carbocycles. The highest BCUT2D eigenvalue weighted by Crippen LogP contribution is 2.09. The van der Waals surface area contributed by atoms with Crippen LogP contribution in [0.25, 0.3) is 0 Å². The molecule has 4 heteroatoms. The normalized spacial score (nSPS) is 10.0. The Morgan fingerprint density at radius 1 is 1.62 bits per heavy atom. The summed E-state index contributed by atoms with van der Waals surface area (Å²) < 4.78 is 0. The van der Waals surface area contributed by atoms with Gasteiger partial charge in [0.05, 0.1) is 5.56 Å². The molecular weight excluding hydrogens is 170 g/mol. The van der Waals surface area contributed by atoms with E-state index in [0.29, 0.717) is 17.5 Å². The Hall–Kier alpha value is -1.58. The monoisotopic (exact) mass is 181 g/mol. The number of carboxylic acids is 1. The average molecular weight is 181 g/mol. The number of rotatable bonds is 2. The average Bonchev–Trinajstić information content (AvgIpc) is 2.09. The Balaban J connectivity index is 3.47. The lowest BCUT2D eigenvalue weighted by molar-refractivity contribution is 0.0695. The fourth-order valence-corrected chi connectivity index (χ4v) is 1.32. The van der Waals surface area contributed by atoms with Gasteiger partial charge in [0.2, 0.25) is 0 Å².